The van der Waals surface area contributed by atoms with E-state index in [4.69, 9.17) is 0 Å². The Morgan fingerprint density at radius 2 is 1.95 bits per heavy atom. The number of hydrogen-bond donors (Lipinski definition) is 1. The third-order valence-electron chi connectivity index (χ3n) is 3.19. The molecule has 1 aromatic rings. The van der Waals surface area contributed by atoms with E-state index in [0.29, 0.717) is 24.0 Å². The largest absolute Gasteiger partial charge is 0.310 e. The Kier molecular flexibility index (Phi) is 6.17. The fourth-order valence-corrected chi connectivity index (χ4v) is 3.49. The standard InChI is InChI=1S/C15H26N2O2S/c1-6-9-17(5)20(18,19)15-10-14(8-7-13(15)4)11-16-12(2)3/h7-8,10,12,16H,6,9,11H2,1-5H3. The highest BCUT2D eigenvalue weighted by Crippen LogP contribution is 2.20. The van der Waals surface area contributed by atoms with Gasteiger partial charge >= 0.3 is 0 Å². The van der Waals surface area contributed by atoms with Gasteiger partial charge in [0.15, 0.2) is 0 Å². The van der Waals surface area contributed by atoms with Crippen LogP contribution in [0.2, 0.25) is 0 Å². The van der Waals surface area contributed by atoms with Gasteiger partial charge in [0.25, 0.3) is 0 Å². The molecule has 0 fully saturated rings. The number of benzene rings is 1. The Morgan fingerprint density at radius 1 is 1.30 bits per heavy atom. The Morgan fingerprint density at radius 3 is 2.50 bits per heavy atom. The Labute approximate surface area is 123 Å². The predicted octanol–water partition coefficient (Wildman–Crippen LogP) is 2.52. The van der Waals surface area contributed by atoms with Crippen molar-refractivity contribution in [3.05, 3.63) is 29.3 Å². The molecule has 0 amide bonds. The van der Waals surface area contributed by atoms with E-state index in [0.717, 1.165) is 17.5 Å². The van der Waals surface area contributed by atoms with Gasteiger partial charge in [0.05, 0.1) is 4.90 Å². The summed E-state index contributed by atoms with van der Waals surface area (Å²) < 4.78 is 26.5. The van der Waals surface area contributed by atoms with Gasteiger partial charge in [-0.3, -0.25) is 0 Å². The first-order valence-electron chi connectivity index (χ1n) is 7.08. The van der Waals surface area contributed by atoms with Gasteiger partial charge in [0, 0.05) is 26.2 Å². The molecule has 0 saturated heterocycles. The SMILES string of the molecule is CCCN(C)S(=O)(=O)c1cc(CNC(C)C)ccc1C. The lowest BCUT2D eigenvalue weighted by Crippen LogP contribution is -2.28. The molecule has 0 saturated carbocycles. The first-order chi connectivity index (χ1) is 9.28. The van der Waals surface area contributed by atoms with Crippen LogP contribution >= 0.6 is 0 Å². The van der Waals surface area contributed by atoms with Gasteiger partial charge in [-0.1, -0.05) is 32.9 Å². The first kappa shape index (κ1) is 17.1. The zero-order valence-corrected chi connectivity index (χ0v) is 13.9. The highest BCUT2D eigenvalue weighted by Gasteiger charge is 2.22. The van der Waals surface area contributed by atoms with Crippen LogP contribution in [0.4, 0.5) is 0 Å². The van der Waals surface area contributed by atoms with Crippen LogP contribution in [-0.2, 0) is 16.6 Å². The molecule has 1 N–H and O–H groups in total. The van der Waals surface area contributed by atoms with Gasteiger partial charge in [0.2, 0.25) is 10.0 Å². The summed E-state index contributed by atoms with van der Waals surface area (Å²) in [5, 5.41) is 3.31. The van der Waals surface area contributed by atoms with Gasteiger partial charge in [0.1, 0.15) is 0 Å². The smallest absolute Gasteiger partial charge is 0.243 e. The molecule has 4 nitrogen and oxygen atoms in total. The van der Waals surface area contributed by atoms with Crippen LogP contribution in [0.25, 0.3) is 0 Å². The number of rotatable bonds is 7. The van der Waals surface area contributed by atoms with Crippen LogP contribution in [0.3, 0.4) is 0 Å². The van der Waals surface area contributed by atoms with Crippen molar-refractivity contribution >= 4 is 10.0 Å². The van der Waals surface area contributed by atoms with Crippen molar-refractivity contribution < 1.29 is 8.42 Å². The number of sulfonamides is 1. The molecule has 0 atom stereocenters. The maximum absolute atomic E-state index is 12.5. The average Bonchev–Trinajstić information content (AvgIpc) is 2.37. The summed E-state index contributed by atoms with van der Waals surface area (Å²) in [5.74, 6) is 0. The van der Waals surface area contributed by atoms with Crippen molar-refractivity contribution in [2.75, 3.05) is 13.6 Å². The minimum absolute atomic E-state index is 0.374. The summed E-state index contributed by atoms with van der Waals surface area (Å²) in [7, 11) is -1.75. The summed E-state index contributed by atoms with van der Waals surface area (Å²) in [6, 6.07) is 6.01. The zero-order valence-electron chi connectivity index (χ0n) is 13.1. The molecule has 0 heterocycles. The van der Waals surface area contributed by atoms with Crippen LogP contribution < -0.4 is 5.32 Å². The first-order valence-corrected chi connectivity index (χ1v) is 8.52. The molecule has 0 radical (unpaired) electrons. The van der Waals surface area contributed by atoms with Crippen molar-refractivity contribution in [1.82, 2.24) is 9.62 Å². The molecule has 0 aliphatic heterocycles. The molecule has 0 bridgehead atoms. The Hall–Kier alpha value is -0.910. The van der Waals surface area contributed by atoms with E-state index in [9.17, 15) is 8.42 Å². The van der Waals surface area contributed by atoms with E-state index < -0.39 is 10.0 Å². The summed E-state index contributed by atoms with van der Waals surface area (Å²) in [4.78, 5) is 0.413. The Bertz CT molecular complexity index is 539. The van der Waals surface area contributed by atoms with E-state index in [-0.39, 0.29) is 0 Å². The highest BCUT2D eigenvalue weighted by atomic mass is 32.2. The van der Waals surface area contributed by atoms with E-state index in [2.05, 4.69) is 19.2 Å². The molecule has 20 heavy (non-hydrogen) atoms. The lowest BCUT2D eigenvalue weighted by molar-refractivity contribution is 0.468. The maximum Gasteiger partial charge on any atom is 0.243 e. The second-order valence-electron chi connectivity index (χ2n) is 5.46. The lowest BCUT2D eigenvalue weighted by Gasteiger charge is -2.18. The topological polar surface area (TPSA) is 49.4 Å². The molecule has 0 aliphatic carbocycles. The molecule has 0 unspecified atom stereocenters. The van der Waals surface area contributed by atoms with Gasteiger partial charge in [-0.05, 0) is 30.5 Å². The van der Waals surface area contributed by atoms with Crippen molar-refractivity contribution in [3.8, 4) is 0 Å². The molecule has 1 rings (SSSR count). The van der Waals surface area contributed by atoms with Gasteiger partial charge in [-0.25, -0.2) is 12.7 Å². The number of hydrogen-bond acceptors (Lipinski definition) is 3. The van der Waals surface area contributed by atoms with Crippen LogP contribution in [0.15, 0.2) is 23.1 Å². The summed E-state index contributed by atoms with van der Waals surface area (Å²) >= 11 is 0. The van der Waals surface area contributed by atoms with E-state index in [1.807, 2.05) is 26.0 Å². The van der Waals surface area contributed by atoms with Crippen LogP contribution in [0, 0.1) is 6.92 Å². The summed E-state index contributed by atoms with van der Waals surface area (Å²) in [5.41, 5.74) is 1.79. The molecule has 0 aliphatic rings. The fourth-order valence-electron chi connectivity index (χ4n) is 1.96. The van der Waals surface area contributed by atoms with Crippen LogP contribution in [-0.4, -0.2) is 32.4 Å². The maximum atomic E-state index is 12.5. The second kappa shape index (κ2) is 7.20. The van der Waals surface area contributed by atoms with Crippen LogP contribution in [0.1, 0.15) is 38.3 Å². The predicted molar refractivity (Wildman–Crippen MR) is 83.3 cm³/mol. The third kappa shape index (κ3) is 4.30. The third-order valence-corrected chi connectivity index (χ3v) is 5.19. The van der Waals surface area contributed by atoms with Gasteiger partial charge in [-0.2, -0.15) is 0 Å². The number of nitrogens with one attached hydrogen (secondary N) is 1. The molecular formula is C15H26N2O2S. The van der Waals surface area contributed by atoms with Crippen molar-refractivity contribution in [2.45, 2.75) is 51.6 Å². The fraction of sp³-hybridized carbons (Fsp3) is 0.600. The van der Waals surface area contributed by atoms with Crippen molar-refractivity contribution in [3.63, 3.8) is 0 Å². The van der Waals surface area contributed by atoms with E-state index >= 15 is 0 Å². The number of aryl methyl sites for hydroxylation is 1. The zero-order chi connectivity index (χ0) is 15.3. The van der Waals surface area contributed by atoms with Gasteiger partial charge in [-0.15, -0.1) is 0 Å². The molecule has 0 aromatic heterocycles. The minimum Gasteiger partial charge on any atom is -0.310 e. The average molecular weight is 298 g/mol. The molecular weight excluding hydrogens is 272 g/mol. The normalized spacial score (nSPS) is 12.3. The van der Waals surface area contributed by atoms with Crippen molar-refractivity contribution in [2.24, 2.45) is 0 Å². The quantitative estimate of drug-likeness (QED) is 0.841. The van der Waals surface area contributed by atoms with Crippen LogP contribution in [0.5, 0.6) is 0 Å². The van der Waals surface area contributed by atoms with E-state index in [1.54, 1.807) is 13.1 Å². The number of nitrogens with zero attached hydrogens (tertiary/aromatic N) is 1. The highest BCUT2D eigenvalue weighted by molar-refractivity contribution is 7.89. The molecule has 114 valence electrons. The summed E-state index contributed by atoms with van der Waals surface area (Å²) in [6.45, 7) is 9.17. The molecule has 1 aromatic carbocycles. The second-order valence-corrected chi connectivity index (χ2v) is 7.48. The molecule has 0 spiro atoms. The lowest BCUT2D eigenvalue weighted by atomic mass is 10.1. The van der Waals surface area contributed by atoms with E-state index in [1.165, 1.54) is 4.31 Å². The Balaban J connectivity index is 3.07. The van der Waals surface area contributed by atoms with Gasteiger partial charge < -0.3 is 5.32 Å². The molecule has 5 heteroatoms. The monoisotopic (exact) mass is 298 g/mol. The van der Waals surface area contributed by atoms with Crippen molar-refractivity contribution in [1.29, 1.82) is 0 Å². The minimum atomic E-state index is -3.39. The summed E-state index contributed by atoms with van der Waals surface area (Å²) in [6.07, 6.45) is 0.809.